The lowest BCUT2D eigenvalue weighted by Gasteiger charge is -2.23. The Morgan fingerprint density at radius 2 is 0.755 bits per heavy atom. The molecule has 0 saturated carbocycles. The Hall–Kier alpha value is -7.17. The van der Waals surface area contributed by atoms with Gasteiger partial charge in [0, 0.05) is 33.2 Å². The van der Waals surface area contributed by atoms with Crippen LogP contribution in [-0.2, 0) is 0 Å². The van der Waals surface area contributed by atoms with Crippen LogP contribution in [0.3, 0.4) is 0 Å². The molecular formula is C49H31N3O. The molecule has 0 atom stereocenters. The molecule has 2 heterocycles. The Kier molecular flexibility index (Phi) is 7.43. The minimum absolute atomic E-state index is 0.631. The zero-order chi connectivity index (χ0) is 35.1. The standard InChI is InChI=1S/C49H31N3O/c1-3-11-32(12-4-1)39-17-7-18-40(31-39)49-51-47(37-13-5-2-6-14-37)50-48(52-49)38-29-25-34(26-30-38)33-23-27-35(28-24-33)41-19-10-21-43-42-20-8-15-36-16-9-22-44(45(36)42)53-46(41)43/h1-31H. The van der Waals surface area contributed by atoms with Gasteiger partial charge in [-0.3, -0.25) is 0 Å². The molecule has 0 N–H and O–H groups in total. The number of para-hydroxylation sites is 1. The molecule has 0 spiro atoms. The number of hydrogen-bond acceptors (Lipinski definition) is 4. The van der Waals surface area contributed by atoms with Crippen molar-refractivity contribution in [2.24, 2.45) is 0 Å². The van der Waals surface area contributed by atoms with Gasteiger partial charge in [-0.25, -0.2) is 15.0 Å². The molecule has 0 saturated heterocycles. The van der Waals surface area contributed by atoms with Crippen molar-refractivity contribution in [1.82, 2.24) is 15.0 Å². The topological polar surface area (TPSA) is 47.9 Å². The molecule has 0 fully saturated rings. The highest BCUT2D eigenvalue weighted by Crippen LogP contribution is 2.50. The number of nitrogens with zero attached hydrogens (tertiary/aromatic N) is 3. The predicted molar refractivity (Wildman–Crippen MR) is 215 cm³/mol. The molecule has 0 amide bonds. The van der Waals surface area contributed by atoms with E-state index in [1.807, 2.05) is 36.4 Å². The molecule has 1 aliphatic heterocycles. The summed E-state index contributed by atoms with van der Waals surface area (Å²) in [6, 6.07) is 65.1. The third kappa shape index (κ3) is 5.63. The first-order chi connectivity index (χ1) is 26.2. The number of ether oxygens (including phenoxy) is 1. The van der Waals surface area contributed by atoms with Gasteiger partial charge in [-0.15, -0.1) is 0 Å². The average molecular weight is 678 g/mol. The van der Waals surface area contributed by atoms with E-state index in [0.29, 0.717) is 17.5 Å². The van der Waals surface area contributed by atoms with Gasteiger partial charge < -0.3 is 4.74 Å². The largest absolute Gasteiger partial charge is 0.455 e. The Balaban J connectivity index is 0.974. The fourth-order valence-electron chi connectivity index (χ4n) is 7.29. The molecule has 0 radical (unpaired) electrons. The van der Waals surface area contributed by atoms with Gasteiger partial charge in [-0.05, 0) is 50.9 Å². The van der Waals surface area contributed by atoms with Crippen molar-refractivity contribution in [3.63, 3.8) is 0 Å². The van der Waals surface area contributed by atoms with E-state index in [2.05, 4.69) is 152 Å². The summed E-state index contributed by atoms with van der Waals surface area (Å²) >= 11 is 0. The van der Waals surface area contributed by atoms with Crippen LogP contribution in [-0.4, -0.2) is 15.0 Å². The summed E-state index contributed by atoms with van der Waals surface area (Å²) in [5.74, 6) is 3.71. The van der Waals surface area contributed by atoms with Gasteiger partial charge in [-0.1, -0.05) is 176 Å². The molecule has 53 heavy (non-hydrogen) atoms. The van der Waals surface area contributed by atoms with Crippen LogP contribution in [0.2, 0.25) is 0 Å². The van der Waals surface area contributed by atoms with Crippen molar-refractivity contribution >= 4 is 10.8 Å². The average Bonchev–Trinajstić information content (AvgIpc) is 3.24. The Bertz CT molecular complexity index is 2770. The first kappa shape index (κ1) is 30.6. The van der Waals surface area contributed by atoms with E-state index in [0.717, 1.165) is 67.1 Å². The van der Waals surface area contributed by atoms with Crippen molar-refractivity contribution in [3.05, 3.63) is 188 Å². The van der Waals surface area contributed by atoms with E-state index in [9.17, 15) is 0 Å². The quantitative estimate of drug-likeness (QED) is 0.176. The molecule has 4 nitrogen and oxygen atoms in total. The zero-order valence-electron chi connectivity index (χ0n) is 28.6. The lowest BCUT2D eigenvalue weighted by atomic mass is 9.91. The smallest absolute Gasteiger partial charge is 0.164 e. The van der Waals surface area contributed by atoms with Crippen LogP contribution < -0.4 is 4.74 Å². The summed E-state index contributed by atoms with van der Waals surface area (Å²) < 4.78 is 6.59. The summed E-state index contributed by atoms with van der Waals surface area (Å²) in [7, 11) is 0. The third-order valence-corrected chi connectivity index (χ3v) is 9.95. The number of fused-ring (bicyclic) bond motifs is 2. The van der Waals surface area contributed by atoms with Crippen LogP contribution in [0.5, 0.6) is 11.5 Å². The highest BCUT2D eigenvalue weighted by molar-refractivity contribution is 6.05. The number of aromatic nitrogens is 3. The zero-order valence-corrected chi connectivity index (χ0v) is 28.6. The molecule has 0 bridgehead atoms. The molecule has 1 aromatic heterocycles. The minimum Gasteiger partial charge on any atom is -0.455 e. The van der Waals surface area contributed by atoms with Crippen molar-refractivity contribution in [1.29, 1.82) is 0 Å². The van der Waals surface area contributed by atoms with E-state index in [4.69, 9.17) is 19.7 Å². The van der Waals surface area contributed by atoms with Crippen molar-refractivity contribution in [2.45, 2.75) is 0 Å². The van der Waals surface area contributed by atoms with Crippen molar-refractivity contribution in [2.75, 3.05) is 0 Å². The molecule has 4 heteroatoms. The highest BCUT2D eigenvalue weighted by atomic mass is 16.5. The fraction of sp³-hybridized carbons (Fsp3) is 0. The van der Waals surface area contributed by atoms with Crippen LogP contribution in [0, 0.1) is 0 Å². The Morgan fingerprint density at radius 1 is 0.302 bits per heavy atom. The Morgan fingerprint density at radius 3 is 1.45 bits per heavy atom. The summed E-state index contributed by atoms with van der Waals surface area (Å²) in [6.45, 7) is 0. The fourth-order valence-corrected chi connectivity index (χ4v) is 7.29. The molecule has 0 aliphatic carbocycles. The van der Waals surface area contributed by atoms with E-state index in [1.165, 1.54) is 16.3 Å². The summed E-state index contributed by atoms with van der Waals surface area (Å²) in [6.07, 6.45) is 0. The molecule has 248 valence electrons. The van der Waals surface area contributed by atoms with Gasteiger partial charge >= 0.3 is 0 Å². The van der Waals surface area contributed by atoms with E-state index >= 15 is 0 Å². The van der Waals surface area contributed by atoms with Crippen molar-refractivity contribution in [3.8, 4) is 90.2 Å². The number of rotatable bonds is 6. The van der Waals surface area contributed by atoms with Crippen LogP contribution in [0.15, 0.2) is 188 Å². The van der Waals surface area contributed by atoms with Gasteiger partial charge in [0.2, 0.25) is 0 Å². The number of benzene rings is 8. The van der Waals surface area contributed by atoms with E-state index in [-0.39, 0.29) is 0 Å². The van der Waals surface area contributed by atoms with Gasteiger partial charge in [-0.2, -0.15) is 0 Å². The maximum Gasteiger partial charge on any atom is 0.164 e. The second-order valence-electron chi connectivity index (χ2n) is 13.2. The maximum atomic E-state index is 6.59. The van der Waals surface area contributed by atoms with Crippen LogP contribution in [0.4, 0.5) is 0 Å². The lowest BCUT2D eigenvalue weighted by molar-refractivity contribution is 0.489. The van der Waals surface area contributed by atoms with Crippen LogP contribution >= 0.6 is 0 Å². The minimum atomic E-state index is 0.631. The first-order valence-electron chi connectivity index (χ1n) is 17.8. The normalized spacial score (nSPS) is 11.5. The molecule has 8 aromatic carbocycles. The van der Waals surface area contributed by atoms with Gasteiger partial charge in [0.05, 0.1) is 0 Å². The predicted octanol–water partition coefficient (Wildman–Crippen LogP) is 12.8. The number of hydrogen-bond donors (Lipinski definition) is 0. The van der Waals surface area contributed by atoms with Crippen LogP contribution in [0.25, 0.3) is 89.4 Å². The second kappa shape index (κ2) is 12.9. The van der Waals surface area contributed by atoms with Gasteiger partial charge in [0.25, 0.3) is 0 Å². The summed E-state index contributed by atoms with van der Waals surface area (Å²) in [5.41, 5.74) is 11.8. The highest BCUT2D eigenvalue weighted by Gasteiger charge is 2.23. The van der Waals surface area contributed by atoms with E-state index in [1.54, 1.807) is 0 Å². The van der Waals surface area contributed by atoms with E-state index < -0.39 is 0 Å². The van der Waals surface area contributed by atoms with Gasteiger partial charge in [0.1, 0.15) is 11.5 Å². The summed E-state index contributed by atoms with van der Waals surface area (Å²) in [5, 5.41) is 2.35. The van der Waals surface area contributed by atoms with Gasteiger partial charge in [0.15, 0.2) is 17.5 Å². The lowest BCUT2D eigenvalue weighted by Crippen LogP contribution is -2.00. The molecule has 10 rings (SSSR count). The third-order valence-electron chi connectivity index (χ3n) is 9.95. The monoisotopic (exact) mass is 677 g/mol. The first-order valence-corrected chi connectivity index (χ1v) is 17.8. The molecule has 1 aliphatic rings. The molecule has 0 unspecified atom stereocenters. The Labute approximate surface area is 307 Å². The summed E-state index contributed by atoms with van der Waals surface area (Å²) in [4.78, 5) is 14.9. The molecule has 9 aromatic rings. The SMILES string of the molecule is c1ccc(-c2cccc(-c3nc(-c4ccccc4)nc(-c4ccc(-c5ccc(-c6cccc7c6Oc6cccc8cccc-7c68)cc5)cc4)n3)c2)cc1. The molecular weight excluding hydrogens is 647 g/mol. The maximum absolute atomic E-state index is 6.59. The van der Waals surface area contributed by atoms with Crippen molar-refractivity contribution < 1.29 is 4.74 Å². The van der Waals surface area contributed by atoms with Crippen LogP contribution in [0.1, 0.15) is 0 Å². The second-order valence-corrected chi connectivity index (χ2v) is 13.2.